The van der Waals surface area contributed by atoms with Crippen molar-refractivity contribution in [3.63, 3.8) is 0 Å². The zero-order valence-electron chi connectivity index (χ0n) is 14.4. The molecule has 23 heavy (non-hydrogen) atoms. The summed E-state index contributed by atoms with van der Waals surface area (Å²) in [6.07, 6.45) is 3.58. The number of carbonyl (C=O) groups is 1. The van der Waals surface area contributed by atoms with Crippen molar-refractivity contribution < 1.29 is 9.18 Å². The third kappa shape index (κ3) is 6.69. The van der Waals surface area contributed by atoms with Crippen molar-refractivity contribution in [2.75, 3.05) is 25.0 Å². The van der Waals surface area contributed by atoms with Crippen LogP contribution in [0.25, 0.3) is 0 Å². The highest BCUT2D eigenvalue weighted by Crippen LogP contribution is 2.21. The lowest BCUT2D eigenvalue weighted by Gasteiger charge is -2.27. The summed E-state index contributed by atoms with van der Waals surface area (Å²) in [4.78, 5) is 14.1. The number of anilines is 1. The average molecular weight is 319 g/mol. The number of hydrogen-bond donors (Lipinski definition) is 1. The van der Waals surface area contributed by atoms with Gasteiger partial charge in [-0.3, -0.25) is 9.69 Å². The molecule has 1 fully saturated rings. The zero-order chi connectivity index (χ0) is 16.9. The molecule has 0 bridgehead atoms. The lowest BCUT2D eigenvalue weighted by molar-refractivity contribution is -0.117. The van der Waals surface area contributed by atoms with Gasteiger partial charge in [-0.2, -0.15) is 0 Å². The number of carbonyl (C=O) groups excluding carboxylic acids is 1. The molecule has 0 saturated carbocycles. The van der Waals surface area contributed by atoms with Crippen molar-refractivity contribution in [2.45, 2.75) is 46.2 Å². The molecule has 0 atom stereocenters. The second-order valence-corrected chi connectivity index (χ2v) is 7.47. The van der Waals surface area contributed by atoms with E-state index in [1.165, 1.54) is 5.56 Å². The van der Waals surface area contributed by atoms with Crippen LogP contribution in [0.1, 0.15) is 39.2 Å². The average Bonchev–Trinajstić information content (AvgIpc) is 2.48. The van der Waals surface area contributed by atoms with Crippen LogP contribution in [0.15, 0.2) is 24.3 Å². The molecule has 127 valence electrons. The molecule has 1 aromatic rings. The van der Waals surface area contributed by atoms with E-state index >= 15 is 0 Å². The van der Waals surface area contributed by atoms with E-state index in [0.717, 1.165) is 12.1 Å². The molecule has 1 radical (unpaired) electrons. The highest BCUT2D eigenvalue weighted by Gasteiger charge is 2.20. The van der Waals surface area contributed by atoms with Crippen molar-refractivity contribution in [3.8, 4) is 0 Å². The fourth-order valence-corrected chi connectivity index (χ4v) is 2.61. The van der Waals surface area contributed by atoms with Crippen LogP contribution < -0.4 is 5.32 Å². The van der Waals surface area contributed by atoms with E-state index in [4.69, 9.17) is 0 Å². The topological polar surface area (TPSA) is 32.3 Å². The normalized spacial score (nSPS) is 17.2. The van der Waals surface area contributed by atoms with Gasteiger partial charge in [0.25, 0.3) is 0 Å². The Balaban J connectivity index is 1.77. The predicted molar refractivity (Wildman–Crippen MR) is 93.1 cm³/mol. The van der Waals surface area contributed by atoms with Crippen LogP contribution in [-0.4, -0.2) is 36.6 Å². The second-order valence-electron chi connectivity index (χ2n) is 7.47. The SMILES string of the molecule is CC(C)(C)[CH]Cc1ccc(NC(=O)CN2CCC(F)CC2)cc1. The molecule has 4 heteroatoms. The molecular formula is C19H28FN2O. The molecule has 1 aromatic carbocycles. The molecule has 1 amide bonds. The maximum absolute atomic E-state index is 13.1. The number of nitrogens with one attached hydrogen (secondary N) is 1. The summed E-state index contributed by atoms with van der Waals surface area (Å²) in [5.41, 5.74) is 2.26. The van der Waals surface area contributed by atoms with Gasteiger partial charge in [0.05, 0.1) is 6.54 Å². The summed E-state index contributed by atoms with van der Waals surface area (Å²) >= 11 is 0. The number of likely N-dealkylation sites (tertiary alicyclic amines) is 1. The number of amides is 1. The minimum atomic E-state index is -0.702. The first-order valence-corrected chi connectivity index (χ1v) is 8.41. The molecule has 0 aromatic heterocycles. The third-order valence-electron chi connectivity index (χ3n) is 4.07. The number of alkyl halides is 1. The number of hydrogen-bond acceptors (Lipinski definition) is 2. The molecule has 0 spiro atoms. The van der Waals surface area contributed by atoms with E-state index in [2.05, 4.69) is 32.5 Å². The number of halogens is 1. The van der Waals surface area contributed by atoms with Crippen LogP contribution in [0.3, 0.4) is 0 Å². The predicted octanol–water partition coefficient (Wildman–Crippen LogP) is 3.85. The number of nitrogens with zero attached hydrogens (tertiary/aromatic N) is 1. The van der Waals surface area contributed by atoms with Crippen molar-refractivity contribution >= 4 is 11.6 Å². The van der Waals surface area contributed by atoms with E-state index in [1.807, 2.05) is 29.2 Å². The zero-order valence-corrected chi connectivity index (χ0v) is 14.4. The van der Waals surface area contributed by atoms with Crippen LogP contribution in [0.2, 0.25) is 0 Å². The Labute approximate surface area is 139 Å². The van der Waals surface area contributed by atoms with E-state index in [-0.39, 0.29) is 11.3 Å². The maximum atomic E-state index is 13.1. The van der Waals surface area contributed by atoms with Crippen LogP contribution >= 0.6 is 0 Å². The lowest BCUT2D eigenvalue weighted by atomic mass is 9.89. The molecule has 3 nitrogen and oxygen atoms in total. The minimum Gasteiger partial charge on any atom is -0.325 e. The molecule has 1 heterocycles. The summed E-state index contributed by atoms with van der Waals surface area (Å²) < 4.78 is 13.1. The highest BCUT2D eigenvalue weighted by atomic mass is 19.1. The fraction of sp³-hybridized carbons (Fsp3) is 0.579. The summed E-state index contributed by atoms with van der Waals surface area (Å²) in [6, 6.07) is 7.98. The van der Waals surface area contributed by atoms with Gasteiger partial charge in [-0.1, -0.05) is 32.9 Å². The van der Waals surface area contributed by atoms with Crippen LogP contribution in [0, 0.1) is 11.8 Å². The molecule has 1 saturated heterocycles. The van der Waals surface area contributed by atoms with Crippen LogP contribution in [0.5, 0.6) is 0 Å². The van der Waals surface area contributed by atoms with Crippen molar-refractivity contribution in [3.05, 3.63) is 36.2 Å². The summed E-state index contributed by atoms with van der Waals surface area (Å²) in [5.74, 6) is -0.0312. The molecule has 0 aliphatic carbocycles. The Bertz CT molecular complexity index is 499. The molecular weight excluding hydrogens is 291 g/mol. The Morgan fingerprint density at radius 3 is 2.43 bits per heavy atom. The van der Waals surface area contributed by atoms with E-state index in [0.29, 0.717) is 32.5 Å². The van der Waals surface area contributed by atoms with Crippen LogP contribution in [-0.2, 0) is 11.2 Å². The first kappa shape index (κ1) is 17.9. The van der Waals surface area contributed by atoms with Crippen LogP contribution in [0.4, 0.5) is 10.1 Å². The first-order valence-electron chi connectivity index (χ1n) is 8.41. The Hall–Kier alpha value is -1.42. The highest BCUT2D eigenvalue weighted by molar-refractivity contribution is 5.92. The maximum Gasteiger partial charge on any atom is 0.238 e. The summed E-state index contributed by atoms with van der Waals surface area (Å²) in [5, 5.41) is 2.92. The first-order chi connectivity index (χ1) is 10.8. The Morgan fingerprint density at radius 1 is 1.26 bits per heavy atom. The minimum absolute atomic E-state index is 0.0312. The summed E-state index contributed by atoms with van der Waals surface area (Å²) in [6.45, 7) is 8.23. The largest absolute Gasteiger partial charge is 0.325 e. The van der Waals surface area contributed by atoms with Gasteiger partial charge >= 0.3 is 0 Å². The summed E-state index contributed by atoms with van der Waals surface area (Å²) in [7, 11) is 0. The quantitative estimate of drug-likeness (QED) is 0.894. The Morgan fingerprint density at radius 2 is 1.87 bits per heavy atom. The molecule has 1 aliphatic heterocycles. The van der Waals surface area contributed by atoms with Gasteiger partial charge in [0.15, 0.2) is 0 Å². The van der Waals surface area contributed by atoms with Gasteiger partial charge in [-0.05, 0) is 48.8 Å². The third-order valence-corrected chi connectivity index (χ3v) is 4.07. The molecule has 2 rings (SSSR count). The van der Waals surface area contributed by atoms with Gasteiger partial charge in [-0.25, -0.2) is 4.39 Å². The monoisotopic (exact) mass is 319 g/mol. The smallest absolute Gasteiger partial charge is 0.238 e. The van der Waals surface area contributed by atoms with Gasteiger partial charge in [0, 0.05) is 18.8 Å². The van der Waals surface area contributed by atoms with E-state index in [9.17, 15) is 9.18 Å². The molecule has 1 aliphatic rings. The van der Waals surface area contributed by atoms with Gasteiger partial charge < -0.3 is 5.32 Å². The number of piperidine rings is 1. The van der Waals surface area contributed by atoms with Crippen molar-refractivity contribution in [1.29, 1.82) is 0 Å². The molecule has 0 unspecified atom stereocenters. The second kappa shape index (κ2) is 7.91. The van der Waals surface area contributed by atoms with Crippen molar-refractivity contribution in [1.82, 2.24) is 4.90 Å². The van der Waals surface area contributed by atoms with Crippen molar-refractivity contribution in [2.24, 2.45) is 5.41 Å². The standard InChI is InChI=1S/C19H28FN2O/c1-19(2,3)11-8-15-4-6-17(7-5-15)21-18(23)14-22-12-9-16(20)10-13-22/h4-7,11,16H,8-10,12-14H2,1-3H3,(H,21,23). The fourth-order valence-electron chi connectivity index (χ4n) is 2.61. The molecule has 1 N–H and O–H groups in total. The van der Waals surface area contributed by atoms with Gasteiger partial charge in [0.2, 0.25) is 5.91 Å². The number of rotatable bonds is 5. The Kier molecular flexibility index (Phi) is 6.17. The van der Waals surface area contributed by atoms with Gasteiger partial charge in [0.1, 0.15) is 6.17 Å². The lowest BCUT2D eigenvalue weighted by Crippen LogP contribution is -2.39. The van der Waals surface area contributed by atoms with E-state index < -0.39 is 6.17 Å². The van der Waals surface area contributed by atoms with Gasteiger partial charge in [-0.15, -0.1) is 0 Å². The van der Waals surface area contributed by atoms with E-state index in [1.54, 1.807) is 0 Å². The number of benzene rings is 1.